The Morgan fingerprint density at radius 3 is 2.00 bits per heavy atom. The van der Waals surface area contributed by atoms with Gasteiger partial charge in [-0.25, -0.2) is 4.98 Å². The van der Waals surface area contributed by atoms with Gasteiger partial charge < -0.3 is 4.90 Å². The van der Waals surface area contributed by atoms with Gasteiger partial charge in [0, 0.05) is 19.3 Å². The molecule has 176 valence electrons. The van der Waals surface area contributed by atoms with Crippen molar-refractivity contribution < 1.29 is 31.1 Å². The number of fused-ring (bicyclic) bond motifs is 1. The van der Waals surface area contributed by atoms with Crippen molar-refractivity contribution in [2.45, 2.75) is 18.9 Å². The van der Waals surface area contributed by atoms with Crippen LogP contribution in [0.15, 0.2) is 72.8 Å². The summed E-state index contributed by atoms with van der Waals surface area (Å²) in [5, 5.41) is 0. The minimum Gasteiger partial charge on any atom is -0.335 e. The second kappa shape index (κ2) is 8.51. The molecule has 1 amide bonds. The molecule has 3 aromatic carbocycles. The van der Waals surface area contributed by atoms with E-state index in [1.807, 2.05) is 0 Å². The molecule has 1 heterocycles. The molecule has 0 saturated heterocycles. The van der Waals surface area contributed by atoms with Gasteiger partial charge in [0.2, 0.25) is 5.82 Å². The Balaban J connectivity index is 1.74. The SMILES string of the molecule is CN(Cc1cc(C(F)(F)F)cc(C(F)(F)F)c1)C(=O)c1nc2ccccc2n1-c1ccccc1. The zero-order valence-electron chi connectivity index (χ0n) is 17.7. The van der Waals surface area contributed by atoms with Crippen LogP contribution in [0.4, 0.5) is 26.3 Å². The van der Waals surface area contributed by atoms with Crippen molar-refractivity contribution in [2.24, 2.45) is 0 Å². The number of hydrogen-bond acceptors (Lipinski definition) is 2. The summed E-state index contributed by atoms with van der Waals surface area (Å²) >= 11 is 0. The first-order valence-electron chi connectivity index (χ1n) is 10.0. The van der Waals surface area contributed by atoms with Crippen LogP contribution in [0.25, 0.3) is 16.7 Å². The van der Waals surface area contributed by atoms with Gasteiger partial charge in [0.15, 0.2) is 0 Å². The third-order valence-corrected chi connectivity index (χ3v) is 5.18. The second-order valence-corrected chi connectivity index (χ2v) is 7.67. The van der Waals surface area contributed by atoms with Gasteiger partial charge in [-0.15, -0.1) is 0 Å². The summed E-state index contributed by atoms with van der Waals surface area (Å²) in [5.74, 6) is -0.677. The third kappa shape index (κ3) is 4.61. The van der Waals surface area contributed by atoms with Crippen LogP contribution >= 0.6 is 0 Å². The molecule has 34 heavy (non-hydrogen) atoms. The van der Waals surface area contributed by atoms with Gasteiger partial charge >= 0.3 is 12.4 Å². The first-order chi connectivity index (χ1) is 15.9. The lowest BCUT2D eigenvalue weighted by atomic mass is 10.0. The largest absolute Gasteiger partial charge is 0.416 e. The van der Waals surface area contributed by atoms with Crippen molar-refractivity contribution in [2.75, 3.05) is 7.05 Å². The number of imidazole rings is 1. The molecule has 4 aromatic rings. The van der Waals surface area contributed by atoms with Crippen LogP contribution in [-0.4, -0.2) is 27.4 Å². The maximum atomic E-state index is 13.3. The Hall–Kier alpha value is -3.82. The highest BCUT2D eigenvalue weighted by molar-refractivity contribution is 5.96. The number of carbonyl (C=O) groups is 1. The van der Waals surface area contributed by atoms with Crippen LogP contribution in [0.5, 0.6) is 0 Å². The van der Waals surface area contributed by atoms with E-state index < -0.39 is 35.9 Å². The van der Waals surface area contributed by atoms with Crippen molar-refractivity contribution >= 4 is 16.9 Å². The molecule has 0 aliphatic heterocycles. The van der Waals surface area contributed by atoms with Gasteiger partial charge in [0.25, 0.3) is 5.91 Å². The fourth-order valence-corrected chi connectivity index (χ4v) is 3.63. The molecular formula is C24H17F6N3O. The van der Waals surface area contributed by atoms with E-state index in [9.17, 15) is 31.1 Å². The molecule has 10 heteroatoms. The molecule has 0 fully saturated rings. The normalized spacial score (nSPS) is 12.2. The minimum atomic E-state index is -4.97. The Bertz CT molecular complexity index is 1310. The van der Waals surface area contributed by atoms with Gasteiger partial charge in [-0.2, -0.15) is 26.3 Å². The van der Waals surface area contributed by atoms with Gasteiger partial charge in [-0.1, -0.05) is 30.3 Å². The third-order valence-electron chi connectivity index (χ3n) is 5.18. The van der Waals surface area contributed by atoms with Crippen LogP contribution in [0.2, 0.25) is 0 Å². The predicted molar refractivity (Wildman–Crippen MR) is 113 cm³/mol. The van der Waals surface area contributed by atoms with Crippen molar-refractivity contribution in [1.29, 1.82) is 0 Å². The molecular weight excluding hydrogens is 460 g/mol. The van der Waals surface area contributed by atoms with Crippen LogP contribution in [-0.2, 0) is 18.9 Å². The van der Waals surface area contributed by atoms with E-state index >= 15 is 0 Å². The lowest BCUT2D eigenvalue weighted by Gasteiger charge is -2.20. The minimum absolute atomic E-state index is 0.0158. The number of benzene rings is 3. The average Bonchev–Trinajstić information content (AvgIpc) is 3.17. The fraction of sp³-hybridized carbons (Fsp3) is 0.167. The van der Waals surface area contributed by atoms with Crippen molar-refractivity contribution in [3.8, 4) is 5.69 Å². The molecule has 4 nitrogen and oxygen atoms in total. The lowest BCUT2D eigenvalue weighted by Crippen LogP contribution is -2.29. The number of alkyl halides is 6. The first-order valence-corrected chi connectivity index (χ1v) is 10.0. The molecule has 0 bridgehead atoms. The topological polar surface area (TPSA) is 38.1 Å². The molecule has 0 saturated carbocycles. The number of nitrogens with zero attached hydrogens (tertiary/aromatic N) is 3. The number of amides is 1. The zero-order valence-corrected chi connectivity index (χ0v) is 17.7. The van der Waals surface area contributed by atoms with Gasteiger partial charge in [-0.05, 0) is 48.0 Å². The standard InChI is InChI=1S/C24H17F6N3O/c1-32(14-15-11-16(23(25,26)27)13-17(12-15)24(28,29)30)22(34)21-31-19-9-5-6-10-20(19)33(21)18-7-3-2-4-8-18/h2-13H,14H2,1H3. The molecule has 0 aliphatic rings. The van der Waals surface area contributed by atoms with E-state index in [4.69, 9.17) is 0 Å². The molecule has 0 unspecified atom stereocenters. The van der Waals surface area contributed by atoms with E-state index in [-0.39, 0.29) is 17.5 Å². The quantitative estimate of drug-likeness (QED) is 0.322. The summed E-state index contributed by atoms with van der Waals surface area (Å²) in [7, 11) is 1.30. The van der Waals surface area contributed by atoms with Crippen molar-refractivity contribution in [3.63, 3.8) is 0 Å². The van der Waals surface area contributed by atoms with E-state index in [1.54, 1.807) is 59.2 Å². The molecule has 0 atom stereocenters. The van der Waals surface area contributed by atoms with Crippen LogP contribution in [0.3, 0.4) is 0 Å². The highest BCUT2D eigenvalue weighted by Crippen LogP contribution is 2.36. The van der Waals surface area contributed by atoms with Crippen molar-refractivity contribution in [3.05, 3.63) is 95.3 Å². The molecule has 0 aliphatic carbocycles. The van der Waals surface area contributed by atoms with E-state index in [2.05, 4.69) is 4.98 Å². The molecule has 1 aromatic heterocycles. The second-order valence-electron chi connectivity index (χ2n) is 7.67. The van der Waals surface area contributed by atoms with E-state index in [0.29, 0.717) is 28.9 Å². The first kappa shape index (κ1) is 23.3. The molecule has 0 radical (unpaired) electrons. The Labute approximate surface area is 190 Å². The van der Waals surface area contributed by atoms with E-state index in [1.165, 1.54) is 7.05 Å². The highest BCUT2D eigenvalue weighted by Gasteiger charge is 2.37. The molecule has 0 N–H and O–H groups in total. The van der Waals surface area contributed by atoms with Crippen LogP contribution in [0.1, 0.15) is 27.3 Å². The maximum Gasteiger partial charge on any atom is 0.416 e. The van der Waals surface area contributed by atoms with Gasteiger partial charge in [-0.3, -0.25) is 9.36 Å². The number of aromatic nitrogens is 2. The van der Waals surface area contributed by atoms with Crippen LogP contribution < -0.4 is 0 Å². The highest BCUT2D eigenvalue weighted by atomic mass is 19.4. The number of para-hydroxylation sites is 3. The van der Waals surface area contributed by atoms with Gasteiger partial charge in [0.1, 0.15) is 0 Å². The number of hydrogen-bond donors (Lipinski definition) is 0. The zero-order chi connectivity index (χ0) is 24.7. The Morgan fingerprint density at radius 1 is 0.853 bits per heavy atom. The molecule has 0 spiro atoms. The average molecular weight is 477 g/mol. The predicted octanol–water partition coefficient (Wildman–Crippen LogP) is 6.34. The number of rotatable bonds is 4. The maximum absolute atomic E-state index is 13.3. The summed E-state index contributed by atoms with van der Waals surface area (Å²) < 4.78 is 80.8. The summed E-state index contributed by atoms with van der Waals surface area (Å²) in [4.78, 5) is 18.7. The number of carbonyl (C=O) groups excluding carboxylic acids is 1. The smallest absolute Gasteiger partial charge is 0.335 e. The molecule has 4 rings (SSSR count). The van der Waals surface area contributed by atoms with Gasteiger partial charge in [0.05, 0.1) is 22.2 Å². The number of halogens is 6. The summed E-state index contributed by atoms with van der Waals surface area (Å²) in [6.07, 6.45) is -9.94. The van der Waals surface area contributed by atoms with Crippen molar-refractivity contribution in [1.82, 2.24) is 14.5 Å². The van der Waals surface area contributed by atoms with Crippen LogP contribution in [0, 0.1) is 0 Å². The lowest BCUT2D eigenvalue weighted by molar-refractivity contribution is -0.143. The summed E-state index contributed by atoms with van der Waals surface area (Å²) in [6, 6.07) is 17.1. The Kier molecular flexibility index (Phi) is 5.84. The summed E-state index contributed by atoms with van der Waals surface area (Å²) in [5.41, 5.74) is -1.40. The van der Waals surface area contributed by atoms with E-state index in [0.717, 1.165) is 4.90 Å². The monoisotopic (exact) mass is 477 g/mol. The summed E-state index contributed by atoms with van der Waals surface area (Å²) in [6.45, 7) is -0.482. The Morgan fingerprint density at radius 2 is 1.41 bits per heavy atom. The fourth-order valence-electron chi connectivity index (χ4n) is 3.63.